The van der Waals surface area contributed by atoms with E-state index in [9.17, 15) is 13.2 Å². The van der Waals surface area contributed by atoms with Crippen LogP contribution in [0, 0.1) is 0 Å². The fourth-order valence-electron chi connectivity index (χ4n) is 2.54. The second-order valence-electron chi connectivity index (χ2n) is 5.23. The number of carbonyl (C=O) groups is 1. The molecule has 1 saturated heterocycles. The highest BCUT2D eigenvalue weighted by Gasteiger charge is 2.23. The number of sulfone groups is 1. The molecule has 0 saturated carbocycles. The third kappa shape index (κ3) is 2.84. The Labute approximate surface area is 128 Å². The minimum absolute atomic E-state index is 0.0388. The molecule has 118 valence electrons. The molecular weight excluding hydrogens is 306 g/mol. The average Bonchev–Trinajstić information content (AvgIpc) is 2.87. The molecule has 1 aliphatic rings. The summed E-state index contributed by atoms with van der Waals surface area (Å²) < 4.78 is 30.6. The van der Waals surface area contributed by atoms with Gasteiger partial charge in [-0.05, 0) is 12.1 Å². The molecule has 0 bridgehead atoms. The van der Waals surface area contributed by atoms with Crippen molar-refractivity contribution in [3.63, 3.8) is 0 Å². The molecule has 1 amide bonds. The fraction of sp³-hybridized carbons (Fsp3) is 0.429. The number of fused-ring (bicyclic) bond motifs is 1. The summed E-state index contributed by atoms with van der Waals surface area (Å²) in [5.74, 6) is -0.128. The topological polar surface area (TPSA) is 81.5 Å². The molecule has 0 unspecified atom stereocenters. The van der Waals surface area contributed by atoms with Crippen molar-refractivity contribution in [1.82, 2.24) is 14.5 Å². The van der Waals surface area contributed by atoms with E-state index in [4.69, 9.17) is 4.74 Å². The summed E-state index contributed by atoms with van der Waals surface area (Å²) in [6.45, 7) is 2.03. The van der Waals surface area contributed by atoms with Crippen molar-refractivity contribution in [2.75, 3.05) is 32.6 Å². The monoisotopic (exact) mass is 323 g/mol. The minimum atomic E-state index is -3.52. The molecule has 1 aromatic carbocycles. The van der Waals surface area contributed by atoms with Crippen molar-refractivity contribution in [1.29, 1.82) is 0 Å². The molecule has 7 nitrogen and oxygen atoms in total. The van der Waals surface area contributed by atoms with Crippen LogP contribution < -0.4 is 0 Å². The van der Waals surface area contributed by atoms with Gasteiger partial charge >= 0.3 is 0 Å². The molecule has 0 radical (unpaired) electrons. The highest BCUT2D eigenvalue weighted by molar-refractivity contribution is 7.90. The van der Waals surface area contributed by atoms with Crippen LogP contribution in [0.1, 0.15) is 0 Å². The number of hydrogen-bond acceptors (Lipinski definition) is 5. The third-order valence-electron chi connectivity index (χ3n) is 3.61. The molecule has 22 heavy (non-hydrogen) atoms. The maximum absolute atomic E-state index is 12.4. The van der Waals surface area contributed by atoms with Crippen molar-refractivity contribution in [3.8, 4) is 0 Å². The van der Waals surface area contributed by atoms with Gasteiger partial charge in [-0.25, -0.2) is 13.4 Å². The number of carbonyl (C=O) groups excluding carboxylic acids is 1. The summed E-state index contributed by atoms with van der Waals surface area (Å²) in [5.41, 5.74) is 1.21. The van der Waals surface area contributed by atoms with Gasteiger partial charge in [0.1, 0.15) is 6.54 Å². The molecule has 0 N–H and O–H groups in total. The Hall–Kier alpha value is -1.93. The summed E-state index contributed by atoms with van der Waals surface area (Å²) in [4.78, 5) is 18.3. The Morgan fingerprint density at radius 1 is 1.27 bits per heavy atom. The zero-order chi connectivity index (χ0) is 15.7. The summed E-state index contributed by atoms with van der Waals surface area (Å²) in [7, 11) is -3.52. The maximum atomic E-state index is 12.4. The van der Waals surface area contributed by atoms with E-state index in [0.29, 0.717) is 37.3 Å². The van der Waals surface area contributed by atoms with E-state index in [1.54, 1.807) is 29.2 Å². The van der Waals surface area contributed by atoms with Gasteiger partial charge in [0.05, 0.1) is 24.2 Å². The summed E-state index contributed by atoms with van der Waals surface area (Å²) in [6, 6.07) is 7.09. The quantitative estimate of drug-likeness (QED) is 0.811. The van der Waals surface area contributed by atoms with Gasteiger partial charge in [0, 0.05) is 19.3 Å². The number of rotatable bonds is 3. The molecule has 1 aromatic heterocycles. The van der Waals surface area contributed by atoms with E-state index in [1.165, 1.54) is 4.57 Å². The zero-order valence-corrected chi connectivity index (χ0v) is 13.0. The molecule has 1 fully saturated rings. The lowest BCUT2D eigenvalue weighted by atomic mass is 10.3. The van der Waals surface area contributed by atoms with E-state index in [1.807, 2.05) is 0 Å². The Morgan fingerprint density at radius 3 is 2.64 bits per heavy atom. The Morgan fingerprint density at radius 2 is 1.95 bits per heavy atom. The predicted octanol–water partition coefficient (Wildman–Crippen LogP) is 0.299. The van der Waals surface area contributed by atoms with Gasteiger partial charge in [0.2, 0.25) is 20.9 Å². The number of aromatic nitrogens is 2. The van der Waals surface area contributed by atoms with E-state index in [0.717, 1.165) is 6.26 Å². The molecular formula is C14H17N3O4S. The van der Waals surface area contributed by atoms with Gasteiger partial charge in [-0.3, -0.25) is 4.79 Å². The third-order valence-corrected chi connectivity index (χ3v) is 4.58. The van der Waals surface area contributed by atoms with Crippen LogP contribution in [0.3, 0.4) is 0 Å². The highest BCUT2D eigenvalue weighted by Crippen LogP contribution is 2.19. The molecule has 2 heterocycles. The first kappa shape index (κ1) is 15.0. The minimum Gasteiger partial charge on any atom is -0.378 e. The number of morpholine rings is 1. The molecule has 0 spiro atoms. The molecule has 2 aromatic rings. The van der Waals surface area contributed by atoms with Crippen molar-refractivity contribution in [2.45, 2.75) is 11.7 Å². The first-order chi connectivity index (χ1) is 10.5. The molecule has 0 atom stereocenters. The van der Waals surface area contributed by atoms with Crippen LogP contribution >= 0.6 is 0 Å². The summed E-state index contributed by atoms with van der Waals surface area (Å²) in [6.07, 6.45) is 1.10. The van der Waals surface area contributed by atoms with Crippen LogP contribution in [-0.2, 0) is 25.9 Å². The van der Waals surface area contributed by atoms with Gasteiger partial charge in [-0.1, -0.05) is 12.1 Å². The molecule has 0 aliphatic carbocycles. The predicted molar refractivity (Wildman–Crippen MR) is 80.2 cm³/mol. The van der Waals surface area contributed by atoms with Gasteiger partial charge in [-0.2, -0.15) is 0 Å². The van der Waals surface area contributed by atoms with Crippen LogP contribution in [-0.4, -0.2) is 61.3 Å². The van der Waals surface area contributed by atoms with Crippen LogP contribution in [0.2, 0.25) is 0 Å². The van der Waals surface area contributed by atoms with Crippen molar-refractivity contribution in [3.05, 3.63) is 24.3 Å². The number of para-hydroxylation sites is 2. The van der Waals surface area contributed by atoms with Gasteiger partial charge in [0.25, 0.3) is 0 Å². The average molecular weight is 323 g/mol. The normalized spacial score (nSPS) is 16.1. The fourth-order valence-corrected chi connectivity index (χ4v) is 3.36. The Bertz CT molecular complexity index is 807. The van der Waals surface area contributed by atoms with Gasteiger partial charge in [-0.15, -0.1) is 0 Å². The number of hydrogen-bond donors (Lipinski definition) is 0. The van der Waals surface area contributed by atoms with Crippen LogP contribution in [0.4, 0.5) is 0 Å². The molecule has 1 aliphatic heterocycles. The van der Waals surface area contributed by atoms with E-state index < -0.39 is 9.84 Å². The number of ether oxygens (including phenoxy) is 1. The zero-order valence-electron chi connectivity index (χ0n) is 12.2. The van der Waals surface area contributed by atoms with Crippen molar-refractivity contribution >= 4 is 26.8 Å². The first-order valence-corrected chi connectivity index (χ1v) is 8.87. The van der Waals surface area contributed by atoms with Crippen LogP contribution in [0.15, 0.2) is 29.4 Å². The lowest BCUT2D eigenvalue weighted by molar-refractivity contribution is -0.135. The largest absolute Gasteiger partial charge is 0.378 e. The Balaban J connectivity index is 1.99. The second-order valence-corrected chi connectivity index (χ2v) is 7.14. The maximum Gasteiger partial charge on any atom is 0.242 e. The second kappa shape index (κ2) is 5.69. The number of nitrogens with zero attached hydrogens (tertiary/aromatic N) is 3. The van der Waals surface area contributed by atoms with Gasteiger partial charge in [0.15, 0.2) is 0 Å². The van der Waals surface area contributed by atoms with Gasteiger partial charge < -0.3 is 14.2 Å². The number of benzene rings is 1. The van der Waals surface area contributed by atoms with Crippen molar-refractivity contribution < 1.29 is 17.9 Å². The standard InChI is InChI=1S/C14H17N3O4S/c1-22(19,20)14-15-11-4-2-3-5-12(11)17(14)10-13(18)16-6-8-21-9-7-16/h2-5H,6-10H2,1H3. The SMILES string of the molecule is CS(=O)(=O)c1nc2ccccc2n1CC(=O)N1CCOCC1. The number of imidazole rings is 1. The number of amides is 1. The first-order valence-electron chi connectivity index (χ1n) is 6.97. The summed E-state index contributed by atoms with van der Waals surface area (Å²) in [5, 5.41) is -0.0738. The van der Waals surface area contributed by atoms with E-state index >= 15 is 0 Å². The van der Waals surface area contributed by atoms with Crippen LogP contribution in [0.25, 0.3) is 11.0 Å². The Kier molecular flexibility index (Phi) is 3.88. The van der Waals surface area contributed by atoms with E-state index in [-0.39, 0.29) is 17.6 Å². The van der Waals surface area contributed by atoms with E-state index in [2.05, 4.69) is 4.98 Å². The van der Waals surface area contributed by atoms with Crippen molar-refractivity contribution in [2.24, 2.45) is 0 Å². The molecule has 8 heteroatoms. The highest BCUT2D eigenvalue weighted by atomic mass is 32.2. The van der Waals surface area contributed by atoms with Crippen LogP contribution in [0.5, 0.6) is 0 Å². The summed E-state index contributed by atoms with van der Waals surface area (Å²) >= 11 is 0. The lowest BCUT2D eigenvalue weighted by Crippen LogP contribution is -2.42. The smallest absolute Gasteiger partial charge is 0.242 e. The molecule has 3 rings (SSSR count). The lowest BCUT2D eigenvalue weighted by Gasteiger charge is -2.27.